The number of carbonyl (C=O) groups excluding carboxylic acids is 1. The molecule has 26 heavy (non-hydrogen) atoms. The van der Waals surface area contributed by atoms with E-state index in [0.717, 1.165) is 54.3 Å². The molecule has 0 atom stereocenters. The van der Waals surface area contributed by atoms with Gasteiger partial charge in [-0.25, -0.2) is 9.97 Å². The van der Waals surface area contributed by atoms with E-state index in [-0.39, 0.29) is 5.91 Å². The standard InChI is InChI=1S/C19H20N6O/c1-13-19(22-17-6-3-2-5-16(17)21-13)23-10-15(11-23)25-12-14(9-20-25)24-8-4-7-18(24)26/h2-3,5-6,9,12,15H,4,7-8,10-11H2,1H3. The van der Waals surface area contributed by atoms with Crippen molar-refractivity contribution in [2.75, 3.05) is 29.4 Å². The summed E-state index contributed by atoms with van der Waals surface area (Å²) >= 11 is 0. The number of para-hydroxylation sites is 2. The van der Waals surface area contributed by atoms with Gasteiger partial charge in [-0.1, -0.05) is 12.1 Å². The fourth-order valence-corrected chi connectivity index (χ4v) is 3.76. The fourth-order valence-electron chi connectivity index (χ4n) is 3.76. The molecule has 0 saturated carbocycles. The highest BCUT2D eigenvalue weighted by atomic mass is 16.2. The summed E-state index contributed by atoms with van der Waals surface area (Å²) in [5.41, 5.74) is 3.71. The van der Waals surface area contributed by atoms with Crippen LogP contribution in [0, 0.1) is 6.92 Å². The molecule has 132 valence electrons. The molecule has 0 aliphatic carbocycles. The lowest BCUT2D eigenvalue weighted by Crippen LogP contribution is -2.48. The number of hydrogen-bond acceptors (Lipinski definition) is 5. The Morgan fingerprint density at radius 3 is 2.62 bits per heavy atom. The predicted molar refractivity (Wildman–Crippen MR) is 99.3 cm³/mol. The van der Waals surface area contributed by atoms with Crippen LogP contribution in [0.15, 0.2) is 36.7 Å². The van der Waals surface area contributed by atoms with E-state index in [1.807, 2.05) is 47.0 Å². The molecule has 2 aliphatic heterocycles. The first-order valence-electron chi connectivity index (χ1n) is 9.02. The molecule has 1 aromatic carbocycles. The first-order valence-corrected chi connectivity index (χ1v) is 9.02. The van der Waals surface area contributed by atoms with Crippen molar-refractivity contribution in [1.82, 2.24) is 19.7 Å². The lowest BCUT2D eigenvalue weighted by atomic mass is 10.1. The molecular weight excluding hydrogens is 328 g/mol. The zero-order chi connectivity index (χ0) is 17.7. The number of fused-ring (bicyclic) bond motifs is 1. The maximum atomic E-state index is 11.9. The van der Waals surface area contributed by atoms with Crippen LogP contribution in [0.5, 0.6) is 0 Å². The molecule has 1 amide bonds. The Morgan fingerprint density at radius 1 is 1.12 bits per heavy atom. The van der Waals surface area contributed by atoms with E-state index in [1.54, 1.807) is 6.20 Å². The predicted octanol–water partition coefficient (Wildman–Crippen LogP) is 2.32. The lowest BCUT2D eigenvalue weighted by molar-refractivity contribution is -0.117. The number of aryl methyl sites for hydroxylation is 1. The number of carbonyl (C=O) groups is 1. The van der Waals surface area contributed by atoms with Gasteiger partial charge >= 0.3 is 0 Å². The molecule has 2 aliphatic rings. The Morgan fingerprint density at radius 2 is 1.88 bits per heavy atom. The monoisotopic (exact) mass is 348 g/mol. The van der Waals surface area contributed by atoms with Gasteiger partial charge in [0.2, 0.25) is 5.91 Å². The van der Waals surface area contributed by atoms with Crippen molar-refractivity contribution in [2.45, 2.75) is 25.8 Å². The number of benzene rings is 1. The van der Waals surface area contributed by atoms with Crippen LogP contribution in [0.25, 0.3) is 11.0 Å². The summed E-state index contributed by atoms with van der Waals surface area (Å²) in [6.07, 6.45) is 5.36. The SMILES string of the molecule is Cc1nc2ccccc2nc1N1CC(n2cc(N3CCCC3=O)cn2)C1. The molecule has 0 radical (unpaired) electrons. The van der Waals surface area contributed by atoms with Crippen molar-refractivity contribution in [1.29, 1.82) is 0 Å². The fraction of sp³-hybridized carbons (Fsp3) is 0.368. The van der Waals surface area contributed by atoms with Gasteiger partial charge in [-0.3, -0.25) is 9.48 Å². The van der Waals surface area contributed by atoms with E-state index >= 15 is 0 Å². The summed E-state index contributed by atoms with van der Waals surface area (Å²) in [7, 11) is 0. The number of nitrogens with zero attached hydrogens (tertiary/aromatic N) is 6. The van der Waals surface area contributed by atoms with Crippen LogP contribution in [0.3, 0.4) is 0 Å². The smallest absolute Gasteiger partial charge is 0.227 e. The summed E-state index contributed by atoms with van der Waals surface area (Å²) in [5.74, 6) is 1.14. The van der Waals surface area contributed by atoms with Crippen LogP contribution in [-0.4, -0.2) is 45.3 Å². The Kier molecular flexibility index (Phi) is 3.41. The van der Waals surface area contributed by atoms with E-state index < -0.39 is 0 Å². The summed E-state index contributed by atoms with van der Waals surface area (Å²) in [6.45, 7) is 4.51. The van der Waals surface area contributed by atoms with Crippen molar-refractivity contribution in [3.8, 4) is 0 Å². The second kappa shape index (κ2) is 5.79. The van der Waals surface area contributed by atoms with Crippen molar-refractivity contribution < 1.29 is 4.79 Å². The average molecular weight is 348 g/mol. The zero-order valence-corrected chi connectivity index (χ0v) is 14.7. The van der Waals surface area contributed by atoms with Gasteiger partial charge in [0.1, 0.15) is 0 Å². The normalized spacial score (nSPS) is 18.0. The van der Waals surface area contributed by atoms with Crippen LogP contribution in [0.4, 0.5) is 11.5 Å². The molecule has 0 unspecified atom stereocenters. The highest BCUT2D eigenvalue weighted by Gasteiger charge is 2.32. The molecule has 0 bridgehead atoms. The van der Waals surface area contributed by atoms with E-state index in [4.69, 9.17) is 4.98 Å². The maximum Gasteiger partial charge on any atom is 0.227 e. The van der Waals surface area contributed by atoms with Crippen LogP contribution < -0.4 is 9.80 Å². The molecule has 0 spiro atoms. The summed E-state index contributed by atoms with van der Waals surface area (Å²) in [5, 5.41) is 4.48. The molecule has 4 heterocycles. The van der Waals surface area contributed by atoms with Gasteiger partial charge in [-0.05, 0) is 25.5 Å². The van der Waals surface area contributed by atoms with Crippen LogP contribution >= 0.6 is 0 Å². The molecule has 0 N–H and O–H groups in total. The summed E-state index contributed by atoms with van der Waals surface area (Å²) in [6, 6.07) is 8.25. The molecule has 5 rings (SSSR count). The van der Waals surface area contributed by atoms with Gasteiger partial charge in [0, 0.05) is 32.3 Å². The van der Waals surface area contributed by atoms with Crippen LogP contribution in [-0.2, 0) is 4.79 Å². The number of aromatic nitrogens is 4. The number of rotatable bonds is 3. The topological polar surface area (TPSA) is 67.2 Å². The minimum absolute atomic E-state index is 0.196. The molecule has 3 aromatic rings. The van der Waals surface area contributed by atoms with Gasteiger partial charge in [0.25, 0.3) is 0 Å². The lowest BCUT2D eigenvalue weighted by Gasteiger charge is -2.40. The number of anilines is 2. The third-order valence-corrected chi connectivity index (χ3v) is 5.23. The Labute approximate surface area is 151 Å². The second-order valence-corrected chi connectivity index (χ2v) is 7.01. The highest BCUT2D eigenvalue weighted by molar-refractivity contribution is 5.95. The van der Waals surface area contributed by atoms with Crippen LogP contribution in [0.2, 0.25) is 0 Å². The molecule has 7 nitrogen and oxygen atoms in total. The molecular formula is C19H20N6O. The number of hydrogen-bond donors (Lipinski definition) is 0. The third kappa shape index (κ3) is 2.42. The maximum absolute atomic E-state index is 11.9. The van der Waals surface area contributed by atoms with Crippen molar-refractivity contribution in [3.05, 3.63) is 42.4 Å². The largest absolute Gasteiger partial charge is 0.351 e. The van der Waals surface area contributed by atoms with Crippen molar-refractivity contribution in [3.63, 3.8) is 0 Å². The second-order valence-electron chi connectivity index (χ2n) is 7.01. The van der Waals surface area contributed by atoms with E-state index in [2.05, 4.69) is 15.0 Å². The minimum Gasteiger partial charge on any atom is -0.351 e. The molecule has 2 fully saturated rings. The first kappa shape index (κ1) is 15.3. The Hall–Kier alpha value is -2.96. The first-order chi connectivity index (χ1) is 12.7. The zero-order valence-electron chi connectivity index (χ0n) is 14.7. The third-order valence-electron chi connectivity index (χ3n) is 5.23. The van der Waals surface area contributed by atoms with E-state index in [0.29, 0.717) is 12.5 Å². The summed E-state index contributed by atoms with van der Waals surface area (Å²) < 4.78 is 1.97. The minimum atomic E-state index is 0.196. The quantitative estimate of drug-likeness (QED) is 0.727. The van der Waals surface area contributed by atoms with E-state index in [9.17, 15) is 4.79 Å². The Balaban J connectivity index is 1.32. The van der Waals surface area contributed by atoms with Gasteiger partial charge in [0.15, 0.2) is 5.82 Å². The van der Waals surface area contributed by atoms with Gasteiger partial charge in [-0.2, -0.15) is 5.10 Å². The van der Waals surface area contributed by atoms with Gasteiger partial charge in [-0.15, -0.1) is 0 Å². The van der Waals surface area contributed by atoms with Gasteiger partial charge < -0.3 is 9.80 Å². The summed E-state index contributed by atoms with van der Waals surface area (Å²) in [4.78, 5) is 25.4. The molecule has 7 heteroatoms. The number of amides is 1. The van der Waals surface area contributed by atoms with Crippen molar-refractivity contribution >= 4 is 28.4 Å². The molecule has 2 aromatic heterocycles. The van der Waals surface area contributed by atoms with Crippen LogP contribution in [0.1, 0.15) is 24.6 Å². The van der Waals surface area contributed by atoms with E-state index in [1.165, 1.54) is 0 Å². The van der Waals surface area contributed by atoms with Gasteiger partial charge in [0.05, 0.1) is 34.7 Å². The Bertz CT molecular complexity index is 991. The highest BCUT2D eigenvalue weighted by Crippen LogP contribution is 2.30. The molecule has 2 saturated heterocycles. The van der Waals surface area contributed by atoms with Crippen molar-refractivity contribution in [2.24, 2.45) is 0 Å². The average Bonchev–Trinajstić information content (AvgIpc) is 3.23.